The molecule has 1 amide bonds. The summed E-state index contributed by atoms with van der Waals surface area (Å²) in [5.74, 6) is -1.26. The van der Waals surface area contributed by atoms with Gasteiger partial charge >= 0.3 is 11.9 Å². The van der Waals surface area contributed by atoms with Crippen LogP contribution < -0.4 is 14.6 Å². The number of rotatable bonds is 5. The van der Waals surface area contributed by atoms with Gasteiger partial charge in [0.1, 0.15) is 16.9 Å². The van der Waals surface area contributed by atoms with Gasteiger partial charge in [-0.3, -0.25) is 9.59 Å². The molecule has 2 rings (SSSR count). The second-order valence-corrected chi connectivity index (χ2v) is 4.84. The largest absolute Gasteiger partial charge is 0.426 e. The molecule has 0 aliphatic carbocycles. The Balaban J connectivity index is 2.09. The average Bonchev–Trinajstić information content (AvgIpc) is 2.59. The van der Waals surface area contributed by atoms with Gasteiger partial charge in [-0.05, 0) is 18.2 Å². The van der Waals surface area contributed by atoms with Gasteiger partial charge in [0.2, 0.25) is 0 Å². The van der Waals surface area contributed by atoms with Crippen molar-refractivity contribution < 1.29 is 28.4 Å². The Hall–Kier alpha value is -3.22. The van der Waals surface area contributed by atoms with Crippen LogP contribution in [0.1, 0.15) is 27.6 Å². The molecule has 0 spiro atoms. The highest BCUT2D eigenvalue weighted by Gasteiger charge is 2.17. The molecular weight excluding hydrogens is 312 g/mol. The number of esters is 2. The summed E-state index contributed by atoms with van der Waals surface area (Å²) in [6.07, 6.45) is 3.22. The highest BCUT2D eigenvalue weighted by atomic mass is 16.6. The predicted octanol–water partition coefficient (Wildman–Crippen LogP) is 1.07. The Morgan fingerprint density at radius 3 is 2.58 bits per heavy atom. The lowest BCUT2D eigenvalue weighted by Crippen LogP contribution is -2.37. The van der Waals surface area contributed by atoms with E-state index in [-0.39, 0.29) is 24.0 Å². The summed E-state index contributed by atoms with van der Waals surface area (Å²) in [4.78, 5) is 34.9. The third kappa shape index (κ3) is 4.39. The van der Waals surface area contributed by atoms with E-state index in [4.69, 9.17) is 9.47 Å². The summed E-state index contributed by atoms with van der Waals surface area (Å²) in [5, 5.41) is 2.52. The normalized spacial score (nSPS) is 9.92. The monoisotopic (exact) mass is 329 g/mol. The van der Waals surface area contributed by atoms with Gasteiger partial charge in [-0.15, -0.1) is 0 Å². The smallest absolute Gasteiger partial charge is 0.346 e. The molecule has 7 heteroatoms. The van der Waals surface area contributed by atoms with Crippen molar-refractivity contribution in [1.29, 1.82) is 0 Å². The Labute approximate surface area is 138 Å². The molecule has 24 heavy (non-hydrogen) atoms. The third-order valence-corrected chi connectivity index (χ3v) is 3.05. The first-order valence-electron chi connectivity index (χ1n) is 7.17. The summed E-state index contributed by atoms with van der Waals surface area (Å²) < 4.78 is 11.7. The van der Waals surface area contributed by atoms with Crippen LogP contribution in [0, 0.1) is 0 Å². The van der Waals surface area contributed by atoms with Gasteiger partial charge in [0.05, 0.1) is 0 Å². The van der Waals surface area contributed by atoms with Crippen LogP contribution in [0.5, 0.6) is 5.75 Å². The zero-order chi connectivity index (χ0) is 17.5. The number of nitrogens with one attached hydrogen (secondary N) is 1. The Bertz CT molecular complexity index is 773. The van der Waals surface area contributed by atoms with E-state index in [1.54, 1.807) is 41.2 Å². The summed E-state index contributed by atoms with van der Waals surface area (Å²) in [6, 6.07) is 9.63. The molecule has 124 valence electrons. The number of carbonyl (C=O) groups is 3. The number of pyridine rings is 1. The molecular formula is C17H17N2O5+. The van der Waals surface area contributed by atoms with Crippen LogP contribution in [-0.2, 0) is 16.3 Å². The fourth-order valence-corrected chi connectivity index (χ4v) is 1.97. The van der Waals surface area contributed by atoms with Crippen molar-refractivity contribution >= 4 is 17.8 Å². The van der Waals surface area contributed by atoms with Gasteiger partial charge in [0, 0.05) is 20.0 Å². The lowest BCUT2D eigenvalue weighted by Gasteiger charge is -2.07. The number of hydrogen-bond donors (Lipinski definition) is 1. The van der Waals surface area contributed by atoms with E-state index in [1.165, 1.54) is 26.1 Å². The van der Waals surface area contributed by atoms with E-state index in [0.29, 0.717) is 5.56 Å². The number of aromatic nitrogens is 1. The number of benzene rings is 1. The van der Waals surface area contributed by atoms with E-state index in [0.717, 1.165) is 0 Å². The van der Waals surface area contributed by atoms with E-state index in [9.17, 15) is 14.4 Å². The van der Waals surface area contributed by atoms with E-state index >= 15 is 0 Å². The number of nitrogens with zero attached hydrogens (tertiary/aromatic N) is 1. The van der Waals surface area contributed by atoms with E-state index in [2.05, 4.69) is 5.32 Å². The first kappa shape index (κ1) is 17.1. The van der Waals surface area contributed by atoms with Crippen molar-refractivity contribution in [1.82, 2.24) is 5.32 Å². The number of hydrogen-bond acceptors (Lipinski definition) is 5. The Morgan fingerprint density at radius 1 is 1.12 bits per heavy atom. The maximum atomic E-state index is 12.2. The van der Waals surface area contributed by atoms with Gasteiger partial charge < -0.3 is 14.8 Å². The highest BCUT2D eigenvalue weighted by molar-refractivity contribution is 5.93. The van der Waals surface area contributed by atoms with Crippen molar-refractivity contribution in [3.05, 3.63) is 59.9 Å². The van der Waals surface area contributed by atoms with Crippen LogP contribution in [0.25, 0.3) is 0 Å². The fraction of sp³-hybridized carbons (Fsp3) is 0.176. The third-order valence-electron chi connectivity index (χ3n) is 3.05. The van der Waals surface area contributed by atoms with Crippen LogP contribution in [0.2, 0.25) is 0 Å². The zero-order valence-corrected chi connectivity index (χ0v) is 13.3. The maximum Gasteiger partial charge on any atom is 0.346 e. The zero-order valence-electron chi connectivity index (χ0n) is 13.3. The Kier molecular flexibility index (Phi) is 5.62. The second kappa shape index (κ2) is 7.87. The lowest BCUT2D eigenvalue weighted by molar-refractivity contribution is -0.727. The highest BCUT2D eigenvalue weighted by Crippen LogP contribution is 2.19. The number of para-hydroxylation sites is 1. The van der Waals surface area contributed by atoms with Gasteiger partial charge in [-0.25, -0.2) is 4.79 Å². The molecule has 1 aromatic heterocycles. The average molecular weight is 329 g/mol. The minimum absolute atomic E-state index is 0.0852. The van der Waals surface area contributed by atoms with Crippen molar-refractivity contribution in [3.63, 3.8) is 0 Å². The van der Waals surface area contributed by atoms with Gasteiger partial charge in [-0.2, -0.15) is 4.57 Å². The van der Waals surface area contributed by atoms with Crippen LogP contribution in [0.4, 0.5) is 0 Å². The Morgan fingerprint density at radius 2 is 1.88 bits per heavy atom. The maximum absolute atomic E-state index is 12.2. The summed E-state index contributed by atoms with van der Waals surface area (Å²) >= 11 is 0. The minimum atomic E-state index is -0.635. The van der Waals surface area contributed by atoms with Crippen molar-refractivity contribution in [2.75, 3.05) is 7.05 Å². The molecule has 0 fully saturated rings. The number of ether oxygens (including phenoxy) is 2. The molecule has 0 radical (unpaired) electrons. The van der Waals surface area contributed by atoms with Crippen molar-refractivity contribution in [2.24, 2.45) is 0 Å². The molecule has 2 aromatic rings. The summed E-state index contributed by atoms with van der Waals surface area (Å²) in [7, 11) is 1.53. The first-order valence-corrected chi connectivity index (χ1v) is 7.17. The van der Waals surface area contributed by atoms with Crippen LogP contribution in [0.15, 0.2) is 48.8 Å². The molecule has 1 N–H and O–H groups in total. The number of carbonyl (C=O) groups excluding carboxylic acids is 3. The molecule has 7 nitrogen and oxygen atoms in total. The number of amides is 1. The standard InChI is InChI=1S/C17H16N2O5/c1-12(20)24-15-8-4-3-7-14(15)17(22)23-11-19-9-5-6-13(10-19)16(21)18-2/h3-10H,11H2,1-2H3/p+1. The molecule has 0 bridgehead atoms. The topological polar surface area (TPSA) is 85.6 Å². The van der Waals surface area contributed by atoms with Gasteiger partial charge in [0.25, 0.3) is 12.6 Å². The molecule has 0 saturated carbocycles. The first-order chi connectivity index (χ1) is 11.5. The molecule has 0 unspecified atom stereocenters. The minimum Gasteiger partial charge on any atom is -0.426 e. The summed E-state index contributed by atoms with van der Waals surface area (Å²) in [6.45, 7) is 1.17. The predicted molar refractivity (Wildman–Crippen MR) is 83.2 cm³/mol. The quantitative estimate of drug-likeness (QED) is 0.504. The molecule has 0 saturated heterocycles. The molecule has 1 aromatic carbocycles. The molecule has 0 aliphatic rings. The molecule has 0 atom stereocenters. The van der Waals surface area contributed by atoms with Gasteiger partial charge in [-0.1, -0.05) is 12.1 Å². The lowest BCUT2D eigenvalue weighted by atomic mass is 10.2. The van der Waals surface area contributed by atoms with Crippen LogP contribution in [-0.4, -0.2) is 24.9 Å². The van der Waals surface area contributed by atoms with Gasteiger partial charge in [0.15, 0.2) is 12.4 Å². The molecule has 1 heterocycles. The SMILES string of the molecule is CNC(=O)c1ccc[n+](COC(=O)c2ccccc2OC(C)=O)c1. The fourth-order valence-electron chi connectivity index (χ4n) is 1.97. The van der Waals surface area contributed by atoms with Crippen LogP contribution >= 0.6 is 0 Å². The summed E-state index contributed by atoms with van der Waals surface area (Å²) in [5.41, 5.74) is 0.590. The second-order valence-electron chi connectivity index (χ2n) is 4.84. The van der Waals surface area contributed by atoms with E-state index in [1.807, 2.05) is 0 Å². The molecule has 0 aliphatic heterocycles. The van der Waals surface area contributed by atoms with E-state index < -0.39 is 11.9 Å². The van der Waals surface area contributed by atoms with Crippen molar-refractivity contribution in [2.45, 2.75) is 13.7 Å². The van der Waals surface area contributed by atoms with Crippen molar-refractivity contribution in [3.8, 4) is 5.75 Å². The van der Waals surface area contributed by atoms with Crippen LogP contribution in [0.3, 0.4) is 0 Å².